The highest BCUT2D eigenvalue weighted by molar-refractivity contribution is 6.01. The fourth-order valence-corrected chi connectivity index (χ4v) is 4.25. The van der Waals surface area contributed by atoms with Gasteiger partial charge in [0.15, 0.2) is 0 Å². The molecular formula is C26H31N5O2. The highest BCUT2D eigenvalue weighted by Gasteiger charge is 2.29. The second-order valence-electron chi connectivity index (χ2n) is 8.74. The number of hydrogen-bond donors (Lipinski definition) is 1. The molecule has 1 N–H and O–H groups in total. The first kappa shape index (κ1) is 22.9. The van der Waals surface area contributed by atoms with Gasteiger partial charge in [-0.25, -0.2) is 4.68 Å². The van der Waals surface area contributed by atoms with Crippen molar-refractivity contribution in [3.05, 3.63) is 54.1 Å². The van der Waals surface area contributed by atoms with Crippen LogP contribution in [0.15, 0.2) is 48.5 Å². The van der Waals surface area contributed by atoms with E-state index in [-0.39, 0.29) is 30.4 Å². The van der Waals surface area contributed by atoms with Crippen LogP contribution in [0.4, 0.5) is 5.69 Å². The number of anilines is 1. The van der Waals surface area contributed by atoms with Gasteiger partial charge in [0.05, 0.1) is 17.9 Å². The van der Waals surface area contributed by atoms with Crippen LogP contribution in [0.1, 0.15) is 38.7 Å². The second kappa shape index (κ2) is 10.1. The monoisotopic (exact) mass is 445 g/mol. The minimum atomic E-state index is -0.0707. The molecule has 1 aliphatic heterocycles. The number of carbonyl (C=O) groups is 2. The Morgan fingerprint density at radius 1 is 1.03 bits per heavy atom. The quantitative estimate of drug-likeness (QED) is 0.529. The van der Waals surface area contributed by atoms with E-state index in [4.69, 9.17) is 0 Å². The van der Waals surface area contributed by atoms with Crippen LogP contribution >= 0.6 is 0 Å². The van der Waals surface area contributed by atoms with Crippen molar-refractivity contribution in [3.63, 3.8) is 0 Å². The lowest BCUT2D eigenvalue weighted by Gasteiger charge is -2.28. The van der Waals surface area contributed by atoms with Crippen molar-refractivity contribution in [3.8, 4) is 22.5 Å². The molecule has 2 aromatic carbocycles. The molecule has 1 aliphatic rings. The molecule has 3 aromatic rings. The van der Waals surface area contributed by atoms with E-state index in [9.17, 15) is 9.59 Å². The Bertz CT molecular complexity index is 1150. The average Bonchev–Trinajstić information content (AvgIpc) is 3.23. The van der Waals surface area contributed by atoms with Gasteiger partial charge in [-0.15, -0.1) is 5.10 Å². The number of benzene rings is 2. The van der Waals surface area contributed by atoms with Gasteiger partial charge in [0, 0.05) is 36.4 Å². The summed E-state index contributed by atoms with van der Waals surface area (Å²) in [6.07, 6.45) is 1.38. The zero-order valence-electron chi connectivity index (χ0n) is 19.5. The summed E-state index contributed by atoms with van der Waals surface area (Å²) >= 11 is 0. The fraction of sp³-hybridized carbons (Fsp3) is 0.385. The SMILES string of the molecule is CNCCCn1nnc2c1-c1ccccc1CN(C(=O)CCC(=O)C(C)C)c1ccccc1-2. The molecule has 7 nitrogen and oxygen atoms in total. The van der Waals surface area contributed by atoms with Gasteiger partial charge in [-0.3, -0.25) is 9.59 Å². The third kappa shape index (κ3) is 4.73. The van der Waals surface area contributed by atoms with E-state index in [0.717, 1.165) is 53.3 Å². The maximum atomic E-state index is 13.4. The first-order valence-corrected chi connectivity index (χ1v) is 11.6. The molecule has 0 radical (unpaired) electrons. The summed E-state index contributed by atoms with van der Waals surface area (Å²) in [7, 11) is 1.94. The predicted octanol–water partition coefficient (Wildman–Crippen LogP) is 4.07. The number of aromatic nitrogens is 3. The van der Waals surface area contributed by atoms with E-state index in [2.05, 4.69) is 27.8 Å². The minimum Gasteiger partial charge on any atom is -0.320 e. The Kier molecular flexibility index (Phi) is 6.99. The normalized spacial score (nSPS) is 12.5. The topological polar surface area (TPSA) is 80.1 Å². The fourth-order valence-electron chi connectivity index (χ4n) is 4.25. The van der Waals surface area contributed by atoms with Crippen molar-refractivity contribution < 1.29 is 9.59 Å². The Morgan fingerprint density at radius 2 is 1.76 bits per heavy atom. The van der Waals surface area contributed by atoms with Crippen molar-refractivity contribution in [2.24, 2.45) is 5.92 Å². The van der Waals surface area contributed by atoms with Gasteiger partial charge in [0.1, 0.15) is 11.5 Å². The lowest BCUT2D eigenvalue weighted by molar-refractivity contribution is -0.125. The van der Waals surface area contributed by atoms with Gasteiger partial charge in [-0.05, 0) is 31.6 Å². The molecule has 0 fully saturated rings. The van der Waals surface area contributed by atoms with Crippen LogP contribution in [-0.4, -0.2) is 40.3 Å². The van der Waals surface area contributed by atoms with Crippen molar-refractivity contribution in [2.75, 3.05) is 18.5 Å². The van der Waals surface area contributed by atoms with Gasteiger partial charge in [0.25, 0.3) is 0 Å². The van der Waals surface area contributed by atoms with Gasteiger partial charge in [-0.2, -0.15) is 0 Å². The van der Waals surface area contributed by atoms with Gasteiger partial charge in [-0.1, -0.05) is 61.5 Å². The molecule has 33 heavy (non-hydrogen) atoms. The third-order valence-corrected chi connectivity index (χ3v) is 6.11. The molecule has 172 valence electrons. The third-order valence-electron chi connectivity index (χ3n) is 6.11. The molecule has 1 amide bonds. The number of ketones is 1. The van der Waals surface area contributed by atoms with Crippen LogP contribution in [-0.2, 0) is 22.7 Å². The summed E-state index contributed by atoms with van der Waals surface area (Å²) < 4.78 is 1.97. The Hall–Kier alpha value is -3.32. The maximum absolute atomic E-state index is 13.4. The number of nitrogens with zero attached hydrogens (tertiary/aromatic N) is 4. The Labute approximate surface area is 194 Å². The molecule has 0 bridgehead atoms. The average molecular weight is 446 g/mol. The summed E-state index contributed by atoms with van der Waals surface area (Å²) in [4.78, 5) is 27.4. The highest BCUT2D eigenvalue weighted by Crippen LogP contribution is 2.41. The highest BCUT2D eigenvalue weighted by atomic mass is 16.2. The molecule has 0 saturated carbocycles. The van der Waals surface area contributed by atoms with E-state index in [1.54, 1.807) is 4.90 Å². The molecule has 0 aliphatic carbocycles. The van der Waals surface area contributed by atoms with Crippen LogP contribution in [0.3, 0.4) is 0 Å². The first-order chi connectivity index (χ1) is 16.0. The van der Waals surface area contributed by atoms with Crippen LogP contribution in [0.2, 0.25) is 0 Å². The Balaban J connectivity index is 1.79. The summed E-state index contributed by atoms with van der Waals surface area (Å²) in [6, 6.07) is 16.0. The number of amides is 1. The first-order valence-electron chi connectivity index (χ1n) is 11.6. The minimum absolute atomic E-state index is 0.0592. The zero-order valence-corrected chi connectivity index (χ0v) is 19.5. The largest absolute Gasteiger partial charge is 0.320 e. The smallest absolute Gasteiger partial charge is 0.227 e. The second-order valence-corrected chi connectivity index (χ2v) is 8.74. The van der Waals surface area contributed by atoms with Crippen molar-refractivity contribution in [2.45, 2.75) is 46.2 Å². The van der Waals surface area contributed by atoms with E-state index in [1.807, 2.05) is 62.0 Å². The van der Waals surface area contributed by atoms with Crippen LogP contribution < -0.4 is 10.2 Å². The van der Waals surface area contributed by atoms with Crippen LogP contribution in [0, 0.1) is 5.92 Å². The summed E-state index contributed by atoms with van der Waals surface area (Å²) in [5.41, 5.74) is 5.51. The van der Waals surface area contributed by atoms with Crippen LogP contribution in [0.25, 0.3) is 22.5 Å². The van der Waals surface area contributed by atoms with E-state index < -0.39 is 0 Å². The number of hydrogen-bond acceptors (Lipinski definition) is 5. The molecule has 4 rings (SSSR count). The van der Waals surface area contributed by atoms with E-state index in [1.165, 1.54) is 0 Å². The number of nitrogens with one attached hydrogen (secondary N) is 1. The van der Waals surface area contributed by atoms with E-state index >= 15 is 0 Å². The van der Waals surface area contributed by atoms with Crippen LogP contribution in [0.5, 0.6) is 0 Å². The molecular weight excluding hydrogens is 414 g/mol. The van der Waals surface area contributed by atoms with Crippen molar-refractivity contribution >= 4 is 17.4 Å². The van der Waals surface area contributed by atoms with Crippen molar-refractivity contribution in [1.82, 2.24) is 20.3 Å². The standard InChI is InChI=1S/C26H31N5O2/c1-18(2)23(32)13-14-24(33)30-17-19-9-4-5-10-20(19)26-25(21-11-6-7-12-22(21)30)28-29-31(26)16-8-15-27-3/h4-7,9-12,18,27H,8,13-17H2,1-3H3. The lowest BCUT2D eigenvalue weighted by Crippen LogP contribution is -2.32. The molecule has 1 aromatic heterocycles. The number of fused-ring (bicyclic) bond motifs is 5. The number of Topliss-reactive ketones (excluding diaryl/α,β-unsaturated/α-hetero) is 1. The van der Waals surface area contributed by atoms with Crippen molar-refractivity contribution in [1.29, 1.82) is 0 Å². The number of rotatable bonds is 8. The number of para-hydroxylation sites is 1. The lowest BCUT2D eigenvalue weighted by atomic mass is 9.95. The molecule has 2 heterocycles. The molecule has 0 atom stereocenters. The van der Waals surface area contributed by atoms with Gasteiger partial charge < -0.3 is 10.2 Å². The van der Waals surface area contributed by atoms with E-state index in [0.29, 0.717) is 6.54 Å². The molecule has 0 unspecified atom stereocenters. The molecule has 0 spiro atoms. The maximum Gasteiger partial charge on any atom is 0.227 e. The summed E-state index contributed by atoms with van der Waals surface area (Å²) in [5, 5.41) is 12.2. The number of carbonyl (C=O) groups excluding carboxylic acids is 2. The Morgan fingerprint density at radius 3 is 2.52 bits per heavy atom. The van der Waals surface area contributed by atoms with Gasteiger partial charge >= 0.3 is 0 Å². The van der Waals surface area contributed by atoms with Gasteiger partial charge in [0.2, 0.25) is 5.91 Å². The summed E-state index contributed by atoms with van der Waals surface area (Å²) in [6.45, 7) is 5.82. The molecule has 7 heteroatoms. The number of aryl methyl sites for hydroxylation is 1. The summed E-state index contributed by atoms with van der Waals surface area (Å²) in [5.74, 6) is -0.0226. The zero-order chi connectivity index (χ0) is 23.4. The predicted molar refractivity (Wildman–Crippen MR) is 130 cm³/mol. The molecule has 0 saturated heterocycles.